The third-order valence-corrected chi connectivity index (χ3v) is 3.67. The standard InChI is InChI=1S/C14H24N2O/c1-3-12-6-7-16-13(8-12)9-15-10-14-5-4-11(2)17-14/h4-5,12-13,15-16H,3,6-10H2,1-2H3. The molecule has 1 aliphatic rings. The third-order valence-electron chi connectivity index (χ3n) is 3.67. The molecule has 3 heteroatoms. The summed E-state index contributed by atoms with van der Waals surface area (Å²) in [4.78, 5) is 0. The van der Waals surface area contributed by atoms with Gasteiger partial charge in [0.2, 0.25) is 0 Å². The summed E-state index contributed by atoms with van der Waals surface area (Å²) >= 11 is 0. The molecule has 0 aromatic carbocycles. The van der Waals surface area contributed by atoms with E-state index < -0.39 is 0 Å². The summed E-state index contributed by atoms with van der Waals surface area (Å²) in [7, 11) is 0. The Hall–Kier alpha value is -0.800. The maximum atomic E-state index is 5.53. The molecule has 1 fully saturated rings. The smallest absolute Gasteiger partial charge is 0.117 e. The van der Waals surface area contributed by atoms with E-state index in [1.165, 1.54) is 25.8 Å². The highest BCUT2D eigenvalue weighted by molar-refractivity contribution is 5.05. The lowest BCUT2D eigenvalue weighted by Gasteiger charge is -2.29. The van der Waals surface area contributed by atoms with Crippen LogP contribution in [-0.4, -0.2) is 19.1 Å². The van der Waals surface area contributed by atoms with Gasteiger partial charge in [0.1, 0.15) is 11.5 Å². The van der Waals surface area contributed by atoms with Crippen LogP contribution >= 0.6 is 0 Å². The number of rotatable bonds is 5. The second kappa shape index (κ2) is 6.22. The molecule has 2 heterocycles. The van der Waals surface area contributed by atoms with Crippen molar-refractivity contribution in [2.24, 2.45) is 5.92 Å². The second-order valence-corrected chi connectivity index (χ2v) is 5.09. The molecule has 0 aliphatic carbocycles. The minimum absolute atomic E-state index is 0.629. The number of piperidine rings is 1. The predicted molar refractivity (Wildman–Crippen MR) is 70.0 cm³/mol. The average Bonchev–Trinajstić information content (AvgIpc) is 2.75. The first kappa shape index (κ1) is 12.7. The lowest BCUT2D eigenvalue weighted by Crippen LogP contribution is -2.44. The van der Waals surface area contributed by atoms with Crippen LogP contribution in [0.4, 0.5) is 0 Å². The fraction of sp³-hybridized carbons (Fsp3) is 0.714. The molecular weight excluding hydrogens is 212 g/mol. The highest BCUT2D eigenvalue weighted by Gasteiger charge is 2.19. The van der Waals surface area contributed by atoms with E-state index in [1.807, 2.05) is 19.1 Å². The first-order valence-corrected chi connectivity index (χ1v) is 6.77. The summed E-state index contributed by atoms with van der Waals surface area (Å²) < 4.78 is 5.53. The summed E-state index contributed by atoms with van der Waals surface area (Å²) in [5.41, 5.74) is 0. The SMILES string of the molecule is CCC1CCNC(CNCc2ccc(C)o2)C1. The maximum absolute atomic E-state index is 5.53. The third kappa shape index (κ3) is 3.86. The molecule has 0 amide bonds. The van der Waals surface area contributed by atoms with Crippen LogP contribution < -0.4 is 10.6 Å². The highest BCUT2D eigenvalue weighted by Crippen LogP contribution is 2.18. The van der Waals surface area contributed by atoms with Crippen LogP contribution in [0.2, 0.25) is 0 Å². The van der Waals surface area contributed by atoms with Crippen molar-refractivity contribution in [2.75, 3.05) is 13.1 Å². The quantitative estimate of drug-likeness (QED) is 0.824. The zero-order valence-corrected chi connectivity index (χ0v) is 11.0. The van der Waals surface area contributed by atoms with Gasteiger partial charge in [-0.2, -0.15) is 0 Å². The van der Waals surface area contributed by atoms with Gasteiger partial charge in [-0.3, -0.25) is 0 Å². The van der Waals surface area contributed by atoms with Gasteiger partial charge in [0.05, 0.1) is 6.54 Å². The Morgan fingerprint density at radius 2 is 2.35 bits per heavy atom. The molecule has 1 aliphatic heterocycles. The Balaban J connectivity index is 1.68. The number of aryl methyl sites for hydroxylation is 1. The van der Waals surface area contributed by atoms with E-state index in [1.54, 1.807) is 0 Å². The van der Waals surface area contributed by atoms with Gasteiger partial charge in [0.15, 0.2) is 0 Å². The lowest BCUT2D eigenvalue weighted by atomic mass is 9.90. The molecular formula is C14H24N2O. The lowest BCUT2D eigenvalue weighted by molar-refractivity contribution is 0.286. The second-order valence-electron chi connectivity index (χ2n) is 5.09. The molecule has 3 nitrogen and oxygen atoms in total. The zero-order chi connectivity index (χ0) is 12.1. The average molecular weight is 236 g/mol. The Kier molecular flexibility index (Phi) is 4.63. The molecule has 96 valence electrons. The number of hydrogen-bond donors (Lipinski definition) is 2. The van der Waals surface area contributed by atoms with Crippen LogP contribution in [-0.2, 0) is 6.54 Å². The van der Waals surface area contributed by atoms with E-state index in [2.05, 4.69) is 17.6 Å². The molecule has 0 spiro atoms. The molecule has 0 saturated carbocycles. The Morgan fingerprint density at radius 1 is 1.47 bits per heavy atom. The molecule has 1 saturated heterocycles. The molecule has 17 heavy (non-hydrogen) atoms. The van der Waals surface area contributed by atoms with Gasteiger partial charge in [-0.05, 0) is 44.4 Å². The van der Waals surface area contributed by atoms with Gasteiger partial charge in [-0.1, -0.05) is 13.3 Å². The van der Waals surface area contributed by atoms with Crippen LogP contribution in [0.25, 0.3) is 0 Å². The fourth-order valence-electron chi connectivity index (χ4n) is 2.57. The van der Waals surface area contributed by atoms with E-state index in [0.29, 0.717) is 6.04 Å². The summed E-state index contributed by atoms with van der Waals surface area (Å²) in [6.07, 6.45) is 3.96. The summed E-state index contributed by atoms with van der Waals surface area (Å²) in [5.74, 6) is 2.93. The van der Waals surface area contributed by atoms with E-state index in [0.717, 1.165) is 30.5 Å². The largest absolute Gasteiger partial charge is 0.465 e. The fourth-order valence-corrected chi connectivity index (χ4v) is 2.57. The Bertz CT molecular complexity index is 335. The van der Waals surface area contributed by atoms with Gasteiger partial charge < -0.3 is 15.1 Å². The topological polar surface area (TPSA) is 37.2 Å². The minimum atomic E-state index is 0.629. The molecule has 1 aromatic rings. The van der Waals surface area contributed by atoms with Gasteiger partial charge in [-0.15, -0.1) is 0 Å². The predicted octanol–water partition coefficient (Wildman–Crippen LogP) is 2.46. The van der Waals surface area contributed by atoms with E-state index >= 15 is 0 Å². The first-order chi connectivity index (χ1) is 8.28. The van der Waals surface area contributed by atoms with Gasteiger partial charge >= 0.3 is 0 Å². The van der Waals surface area contributed by atoms with Crippen molar-refractivity contribution in [2.45, 2.75) is 45.7 Å². The van der Waals surface area contributed by atoms with Crippen LogP contribution in [0.15, 0.2) is 16.5 Å². The number of nitrogens with one attached hydrogen (secondary N) is 2. The number of furan rings is 1. The van der Waals surface area contributed by atoms with Crippen molar-refractivity contribution in [1.82, 2.24) is 10.6 Å². The van der Waals surface area contributed by atoms with E-state index in [9.17, 15) is 0 Å². The van der Waals surface area contributed by atoms with Crippen molar-refractivity contribution < 1.29 is 4.42 Å². The Labute approximate surface area is 104 Å². The van der Waals surface area contributed by atoms with Crippen LogP contribution in [0.5, 0.6) is 0 Å². The summed E-state index contributed by atoms with van der Waals surface area (Å²) in [5, 5.41) is 7.05. The molecule has 0 bridgehead atoms. The van der Waals surface area contributed by atoms with E-state index in [4.69, 9.17) is 4.42 Å². The molecule has 2 atom stereocenters. The molecule has 2 rings (SSSR count). The molecule has 2 N–H and O–H groups in total. The van der Waals surface area contributed by atoms with Crippen LogP contribution in [0.3, 0.4) is 0 Å². The van der Waals surface area contributed by atoms with Gasteiger partial charge in [-0.25, -0.2) is 0 Å². The van der Waals surface area contributed by atoms with Crippen molar-refractivity contribution in [1.29, 1.82) is 0 Å². The molecule has 2 unspecified atom stereocenters. The van der Waals surface area contributed by atoms with Crippen LogP contribution in [0, 0.1) is 12.8 Å². The monoisotopic (exact) mass is 236 g/mol. The minimum Gasteiger partial charge on any atom is -0.465 e. The summed E-state index contributed by atoms with van der Waals surface area (Å²) in [6.45, 7) is 7.33. The van der Waals surface area contributed by atoms with Crippen molar-refractivity contribution in [3.63, 3.8) is 0 Å². The van der Waals surface area contributed by atoms with Crippen molar-refractivity contribution >= 4 is 0 Å². The number of hydrogen-bond acceptors (Lipinski definition) is 3. The summed E-state index contributed by atoms with van der Waals surface area (Å²) in [6, 6.07) is 4.69. The molecule has 0 radical (unpaired) electrons. The van der Waals surface area contributed by atoms with Crippen molar-refractivity contribution in [3.8, 4) is 0 Å². The van der Waals surface area contributed by atoms with Crippen LogP contribution in [0.1, 0.15) is 37.7 Å². The first-order valence-electron chi connectivity index (χ1n) is 6.77. The van der Waals surface area contributed by atoms with Gasteiger partial charge in [0.25, 0.3) is 0 Å². The highest BCUT2D eigenvalue weighted by atomic mass is 16.3. The maximum Gasteiger partial charge on any atom is 0.117 e. The Morgan fingerprint density at radius 3 is 3.06 bits per heavy atom. The van der Waals surface area contributed by atoms with Gasteiger partial charge in [0, 0.05) is 12.6 Å². The normalized spacial score (nSPS) is 25.1. The molecule has 1 aromatic heterocycles. The zero-order valence-electron chi connectivity index (χ0n) is 11.0. The van der Waals surface area contributed by atoms with Crippen molar-refractivity contribution in [3.05, 3.63) is 23.7 Å². The van der Waals surface area contributed by atoms with E-state index in [-0.39, 0.29) is 0 Å².